The Morgan fingerprint density at radius 1 is 1.38 bits per heavy atom. The van der Waals surface area contributed by atoms with Crippen LogP contribution in [0, 0.1) is 0 Å². The number of nitrogens with one attached hydrogen (secondary N) is 1. The summed E-state index contributed by atoms with van der Waals surface area (Å²) in [7, 11) is 0. The molecule has 0 saturated carbocycles. The first kappa shape index (κ1) is 9.09. The third-order valence-corrected chi connectivity index (χ3v) is 3.53. The zero-order valence-corrected chi connectivity index (χ0v) is 9.19. The summed E-state index contributed by atoms with van der Waals surface area (Å²) in [6.45, 7) is 0. The Balaban J connectivity index is 2.17. The maximum absolute atomic E-state index is 11.0. The molecule has 4 heteroatoms. The molecule has 1 amide bonds. The average Bonchev–Trinajstić information content (AvgIpc) is 2.53. The van der Waals surface area contributed by atoms with Crippen molar-refractivity contribution in [2.75, 3.05) is 5.75 Å². The third-order valence-electron chi connectivity index (χ3n) is 1.85. The smallest absolute Gasteiger partial charge is 0.231 e. The molecule has 1 N–H and O–H groups in total. The van der Waals surface area contributed by atoms with Gasteiger partial charge in [-0.2, -0.15) is 0 Å². The van der Waals surface area contributed by atoms with E-state index in [1.165, 1.54) is 0 Å². The molecular weight excluding hydrogens is 250 g/mol. The molecule has 0 unspecified atom stereocenters. The van der Waals surface area contributed by atoms with Crippen molar-refractivity contribution in [1.29, 1.82) is 0 Å². The minimum atomic E-state index is 0.123. The minimum Gasteiger partial charge on any atom is -0.339 e. The monoisotopic (exact) mass is 257 g/mol. The zero-order chi connectivity index (χ0) is 9.26. The lowest BCUT2D eigenvalue weighted by atomic mass is 10.2. The Hall–Kier alpha value is -0.480. The maximum Gasteiger partial charge on any atom is 0.231 e. The summed E-state index contributed by atoms with van der Waals surface area (Å²) in [5.74, 6) is 0.693. The molecule has 1 fully saturated rings. The van der Waals surface area contributed by atoms with E-state index in [0.29, 0.717) is 5.75 Å². The van der Waals surface area contributed by atoms with Gasteiger partial charge in [0.1, 0.15) is 5.37 Å². The number of amides is 1. The number of halogens is 1. The Labute approximate surface area is 89.2 Å². The second-order valence-corrected chi connectivity index (χ2v) is 4.82. The summed E-state index contributed by atoms with van der Waals surface area (Å²) < 4.78 is 1.06. The Morgan fingerprint density at radius 2 is 2.08 bits per heavy atom. The predicted octanol–water partition coefficient (Wildman–Crippen LogP) is 2.31. The summed E-state index contributed by atoms with van der Waals surface area (Å²) in [6, 6.07) is 8.02. The van der Waals surface area contributed by atoms with E-state index in [1.54, 1.807) is 11.8 Å². The quantitative estimate of drug-likeness (QED) is 0.837. The van der Waals surface area contributed by atoms with Crippen molar-refractivity contribution in [3.63, 3.8) is 0 Å². The zero-order valence-electron chi connectivity index (χ0n) is 6.79. The minimum absolute atomic E-state index is 0.123. The lowest BCUT2D eigenvalue weighted by Gasteiger charge is -2.08. The standard InChI is InChI=1S/C9H8BrNOS/c10-7-3-1-6(2-4-7)9-11-8(12)5-13-9/h1-4,9H,5H2,(H,11,12)/t9-/m0/s1. The van der Waals surface area contributed by atoms with Crippen LogP contribution in [-0.2, 0) is 4.79 Å². The van der Waals surface area contributed by atoms with Crippen LogP contribution in [0.2, 0.25) is 0 Å². The highest BCUT2D eigenvalue weighted by molar-refractivity contribution is 9.10. The molecule has 0 radical (unpaired) electrons. The van der Waals surface area contributed by atoms with Crippen molar-refractivity contribution in [3.05, 3.63) is 34.3 Å². The number of rotatable bonds is 1. The summed E-state index contributed by atoms with van der Waals surface area (Å²) in [4.78, 5) is 11.0. The molecule has 2 rings (SSSR count). The van der Waals surface area contributed by atoms with Crippen molar-refractivity contribution in [2.45, 2.75) is 5.37 Å². The number of carbonyl (C=O) groups is 1. The summed E-state index contributed by atoms with van der Waals surface area (Å²) in [6.07, 6.45) is 0. The van der Waals surface area contributed by atoms with Crippen molar-refractivity contribution in [2.24, 2.45) is 0 Å². The number of hydrogen-bond donors (Lipinski definition) is 1. The molecule has 68 valence electrons. The average molecular weight is 258 g/mol. The van der Waals surface area contributed by atoms with Crippen LogP contribution < -0.4 is 5.32 Å². The fourth-order valence-electron chi connectivity index (χ4n) is 1.21. The molecule has 1 aromatic carbocycles. The normalized spacial score (nSPS) is 21.6. The fourth-order valence-corrected chi connectivity index (χ4v) is 2.44. The lowest BCUT2D eigenvalue weighted by Crippen LogP contribution is -2.18. The molecule has 0 bridgehead atoms. The van der Waals surface area contributed by atoms with Crippen LogP contribution >= 0.6 is 27.7 Å². The Morgan fingerprint density at radius 3 is 2.62 bits per heavy atom. The van der Waals surface area contributed by atoms with Crippen LogP contribution in [0.5, 0.6) is 0 Å². The third kappa shape index (κ3) is 2.06. The lowest BCUT2D eigenvalue weighted by molar-refractivity contribution is -0.118. The SMILES string of the molecule is O=C1CS[C@@H](c2ccc(Br)cc2)N1. The number of thioether (sulfide) groups is 1. The highest BCUT2D eigenvalue weighted by Crippen LogP contribution is 2.30. The topological polar surface area (TPSA) is 29.1 Å². The van der Waals surface area contributed by atoms with Gasteiger partial charge in [-0.15, -0.1) is 11.8 Å². The van der Waals surface area contributed by atoms with Crippen LogP contribution in [0.1, 0.15) is 10.9 Å². The molecule has 0 spiro atoms. The second kappa shape index (κ2) is 3.72. The van der Waals surface area contributed by atoms with E-state index < -0.39 is 0 Å². The number of benzene rings is 1. The largest absolute Gasteiger partial charge is 0.339 e. The molecule has 2 nitrogen and oxygen atoms in total. The first-order valence-electron chi connectivity index (χ1n) is 3.92. The van der Waals surface area contributed by atoms with E-state index in [9.17, 15) is 4.79 Å². The van der Waals surface area contributed by atoms with Crippen LogP contribution in [0.4, 0.5) is 0 Å². The van der Waals surface area contributed by atoms with E-state index in [-0.39, 0.29) is 11.3 Å². The molecule has 1 atom stereocenters. The first-order chi connectivity index (χ1) is 6.25. The van der Waals surface area contributed by atoms with Crippen molar-refractivity contribution in [3.8, 4) is 0 Å². The molecule has 1 heterocycles. The van der Waals surface area contributed by atoms with Gasteiger partial charge in [0.25, 0.3) is 0 Å². The van der Waals surface area contributed by atoms with E-state index in [0.717, 1.165) is 10.0 Å². The van der Waals surface area contributed by atoms with Gasteiger partial charge in [0.15, 0.2) is 0 Å². The van der Waals surface area contributed by atoms with Crippen molar-refractivity contribution >= 4 is 33.6 Å². The number of carbonyl (C=O) groups excluding carboxylic acids is 1. The fraction of sp³-hybridized carbons (Fsp3) is 0.222. The molecule has 1 saturated heterocycles. The van der Waals surface area contributed by atoms with Crippen LogP contribution in [0.15, 0.2) is 28.7 Å². The Bertz CT molecular complexity index is 325. The molecule has 0 aromatic heterocycles. The molecule has 13 heavy (non-hydrogen) atoms. The van der Waals surface area contributed by atoms with E-state index in [1.807, 2.05) is 24.3 Å². The van der Waals surface area contributed by atoms with Gasteiger partial charge in [-0.1, -0.05) is 28.1 Å². The van der Waals surface area contributed by atoms with Gasteiger partial charge in [0.05, 0.1) is 5.75 Å². The first-order valence-corrected chi connectivity index (χ1v) is 5.76. The van der Waals surface area contributed by atoms with Crippen molar-refractivity contribution in [1.82, 2.24) is 5.32 Å². The highest BCUT2D eigenvalue weighted by atomic mass is 79.9. The predicted molar refractivity (Wildman–Crippen MR) is 57.5 cm³/mol. The van der Waals surface area contributed by atoms with Gasteiger partial charge in [-0.25, -0.2) is 0 Å². The van der Waals surface area contributed by atoms with E-state index in [2.05, 4.69) is 21.2 Å². The molecular formula is C9H8BrNOS. The van der Waals surface area contributed by atoms with Crippen molar-refractivity contribution < 1.29 is 4.79 Å². The van der Waals surface area contributed by atoms with Gasteiger partial charge in [-0.05, 0) is 17.7 Å². The van der Waals surface area contributed by atoms with Gasteiger partial charge >= 0.3 is 0 Å². The summed E-state index contributed by atoms with van der Waals surface area (Å²) in [5, 5.41) is 3.04. The number of hydrogen-bond acceptors (Lipinski definition) is 2. The van der Waals surface area contributed by atoms with Gasteiger partial charge < -0.3 is 5.32 Å². The highest BCUT2D eigenvalue weighted by Gasteiger charge is 2.22. The van der Waals surface area contributed by atoms with Crippen LogP contribution in [0.25, 0.3) is 0 Å². The van der Waals surface area contributed by atoms with E-state index >= 15 is 0 Å². The molecule has 1 aromatic rings. The van der Waals surface area contributed by atoms with Gasteiger partial charge in [0.2, 0.25) is 5.91 Å². The summed E-state index contributed by atoms with van der Waals surface area (Å²) >= 11 is 5.01. The Kier molecular flexibility index (Phi) is 2.60. The van der Waals surface area contributed by atoms with Crippen LogP contribution in [0.3, 0.4) is 0 Å². The van der Waals surface area contributed by atoms with Crippen LogP contribution in [-0.4, -0.2) is 11.7 Å². The molecule has 0 aliphatic carbocycles. The summed E-state index contributed by atoms with van der Waals surface area (Å²) in [5.41, 5.74) is 1.15. The second-order valence-electron chi connectivity index (χ2n) is 2.81. The van der Waals surface area contributed by atoms with Gasteiger partial charge in [0, 0.05) is 4.47 Å². The van der Waals surface area contributed by atoms with Gasteiger partial charge in [-0.3, -0.25) is 4.79 Å². The molecule has 1 aliphatic heterocycles. The maximum atomic E-state index is 11.0. The molecule has 1 aliphatic rings. The van der Waals surface area contributed by atoms with E-state index in [4.69, 9.17) is 0 Å².